The van der Waals surface area contributed by atoms with Crippen molar-refractivity contribution in [2.45, 2.75) is 25.3 Å². The fraction of sp³-hybridized carbons (Fsp3) is 0.333. The maximum Gasteiger partial charge on any atom is 0.254 e. The van der Waals surface area contributed by atoms with Gasteiger partial charge in [-0.2, -0.15) is 0 Å². The minimum Gasteiger partial charge on any atom is -0.399 e. The number of thiazole rings is 1. The van der Waals surface area contributed by atoms with Crippen molar-refractivity contribution in [2.75, 3.05) is 12.3 Å². The first kappa shape index (κ1) is 13.1. The molecule has 0 radical (unpaired) electrons. The summed E-state index contributed by atoms with van der Waals surface area (Å²) < 4.78 is 0. The van der Waals surface area contributed by atoms with Gasteiger partial charge < -0.3 is 10.6 Å². The van der Waals surface area contributed by atoms with Gasteiger partial charge in [-0.3, -0.25) is 4.79 Å². The van der Waals surface area contributed by atoms with Gasteiger partial charge in [0.25, 0.3) is 5.91 Å². The van der Waals surface area contributed by atoms with Crippen molar-refractivity contribution in [1.29, 1.82) is 0 Å². The number of nitrogen functional groups attached to an aromatic ring is 1. The molecule has 1 aliphatic rings. The van der Waals surface area contributed by atoms with Crippen LogP contribution in [0.5, 0.6) is 0 Å². The highest BCUT2D eigenvalue weighted by molar-refractivity contribution is 7.09. The maximum atomic E-state index is 12.7. The van der Waals surface area contributed by atoms with E-state index in [1.165, 1.54) is 0 Å². The molecule has 2 aromatic rings. The summed E-state index contributed by atoms with van der Waals surface area (Å²) in [5.74, 6) is 0.0530. The van der Waals surface area contributed by atoms with Crippen LogP contribution in [0.1, 0.15) is 40.7 Å². The molecule has 2 N–H and O–H groups in total. The van der Waals surface area contributed by atoms with E-state index in [9.17, 15) is 4.79 Å². The van der Waals surface area contributed by atoms with Gasteiger partial charge in [0.05, 0.1) is 6.04 Å². The van der Waals surface area contributed by atoms with E-state index in [-0.39, 0.29) is 11.9 Å². The number of hydrogen-bond donors (Lipinski definition) is 1. The predicted molar refractivity (Wildman–Crippen MR) is 80.6 cm³/mol. The molecule has 1 amide bonds. The van der Waals surface area contributed by atoms with Crippen molar-refractivity contribution >= 4 is 22.9 Å². The van der Waals surface area contributed by atoms with Gasteiger partial charge in [-0.25, -0.2) is 4.98 Å². The molecule has 0 saturated carbocycles. The molecule has 1 saturated heterocycles. The van der Waals surface area contributed by atoms with Crippen LogP contribution in [0.3, 0.4) is 0 Å². The summed E-state index contributed by atoms with van der Waals surface area (Å²) in [5.41, 5.74) is 7.06. The van der Waals surface area contributed by atoms with Gasteiger partial charge in [-0.1, -0.05) is 6.07 Å². The summed E-state index contributed by atoms with van der Waals surface area (Å²) >= 11 is 1.62. The topological polar surface area (TPSA) is 59.2 Å². The van der Waals surface area contributed by atoms with E-state index in [1.807, 2.05) is 22.4 Å². The number of benzene rings is 1. The number of aromatic nitrogens is 1. The molecule has 0 aliphatic carbocycles. The van der Waals surface area contributed by atoms with E-state index < -0.39 is 0 Å². The largest absolute Gasteiger partial charge is 0.399 e. The van der Waals surface area contributed by atoms with Crippen molar-refractivity contribution in [2.24, 2.45) is 0 Å². The van der Waals surface area contributed by atoms with Crippen LogP contribution in [-0.2, 0) is 0 Å². The van der Waals surface area contributed by atoms with Crippen LogP contribution in [0, 0.1) is 0 Å². The molecule has 104 valence electrons. The zero-order chi connectivity index (χ0) is 13.9. The lowest BCUT2D eigenvalue weighted by atomic mass is 10.0. The van der Waals surface area contributed by atoms with Crippen molar-refractivity contribution < 1.29 is 4.79 Å². The Kier molecular flexibility index (Phi) is 3.69. The minimum atomic E-state index is 0.0530. The summed E-state index contributed by atoms with van der Waals surface area (Å²) in [4.78, 5) is 19.0. The molecule has 5 heteroatoms. The van der Waals surface area contributed by atoms with Crippen molar-refractivity contribution in [3.8, 4) is 0 Å². The van der Waals surface area contributed by atoms with E-state index >= 15 is 0 Å². The SMILES string of the molecule is Nc1cccc(C(=O)N2CCCCC2c2nccs2)c1. The van der Waals surface area contributed by atoms with Crippen LogP contribution < -0.4 is 5.73 Å². The standard InChI is InChI=1S/C15H17N3OS/c16-12-5-3-4-11(10-12)15(19)18-8-2-1-6-13(18)14-17-7-9-20-14/h3-5,7,9-10,13H,1-2,6,8,16H2. The van der Waals surface area contributed by atoms with Gasteiger partial charge >= 0.3 is 0 Å². The summed E-state index contributed by atoms with van der Waals surface area (Å²) in [6.07, 6.45) is 4.99. The Hall–Kier alpha value is -1.88. The lowest BCUT2D eigenvalue weighted by Crippen LogP contribution is -2.38. The summed E-state index contributed by atoms with van der Waals surface area (Å²) in [5, 5.41) is 2.99. The lowest BCUT2D eigenvalue weighted by molar-refractivity contribution is 0.0611. The molecule has 2 heterocycles. The third-order valence-electron chi connectivity index (χ3n) is 3.63. The summed E-state index contributed by atoms with van der Waals surface area (Å²) in [7, 11) is 0. The summed E-state index contributed by atoms with van der Waals surface area (Å²) in [6.45, 7) is 0.790. The second kappa shape index (κ2) is 5.63. The Bertz CT molecular complexity index is 597. The van der Waals surface area contributed by atoms with Gasteiger partial charge in [-0.05, 0) is 37.5 Å². The van der Waals surface area contributed by atoms with E-state index in [2.05, 4.69) is 4.98 Å². The summed E-state index contributed by atoms with van der Waals surface area (Å²) in [6, 6.07) is 7.30. The molecular weight excluding hydrogens is 270 g/mol. The van der Waals surface area contributed by atoms with Crippen LogP contribution in [0.4, 0.5) is 5.69 Å². The molecule has 0 spiro atoms. The van der Waals surface area contributed by atoms with Crippen LogP contribution >= 0.6 is 11.3 Å². The fourth-order valence-electron chi connectivity index (χ4n) is 2.67. The maximum absolute atomic E-state index is 12.7. The molecule has 1 fully saturated rings. The van der Waals surface area contributed by atoms with E-state index in [0.717, 1.165) is 30.8 Å². The first-order valence-corrected chi connectivity index (χ1v) is 7.69. The average molecular weight is 287 g/mol. The number of nitrogens with zero attached hydrogens (tertiary/aromatic N) is 2. The number of likely N-dealkylation sites (tertiary alicyclic amines) is 1. The van der Waals surface area contributed by atoms with E-state index in [4.69, 9.17) is 5.73 Å². The Labute approximate surface area is 122 Å². The highest BCUT2D eigenvalue weighted by atomic mass is 32.1. The normalized spacial score (nSPS) is 19.0. The molecule has 20 heavy (non-hydrogen) atoms. The Balaban J connectivity index is 1.88. The lowest BCUT2D eigenvalue weighted by Gasteiger charge is -2.34. The molecule has 1 unspecified atom stereocenters. The molecule has 1 aromatic heterocycles. The van der Waals surface area contributed by atoms with Crippen molar-refractivity contribution in [3.63, 3.8) is 0 Å². The second-order valence-corrected chi connectivity index (χ2v) is 5.93. The number of amides is 1. The first-order valence-electron chi connectivity index (χ1n) is 6.81. The first-order chi connectivity index (χ1) is 9.75. The quantitative estimate of drug-likeness (QED) is 0.863. The van der Waals surface area contributed by atoms with Gasteiger partial charge in [-0.15, -0.1) is 11.3 Å². The second-order valence-electron chi connectivity index (χ2n) is 5.01. The van der Waals surface area contributed by atoms with E-state index in [1.54, 1.807) is 29.7 Å². The van der Waals surface area contributed by atoms with Gasteiger partial charge in [0.15, 0.2) is 0 Å². The van der Waals surface area contributed by atoms with Crippen molar-refractivity contribution in [1.82, 2.24) is 9.88 Å². The molecule has 1 atom stereocenters. The average Bonchev–Trinajstić information content (AvgIpc) is 3.00. The zero-order valence-corrected chi connectivity index (χ0v) is 12.0. The Morgan fingerprint density at radius 1 is 1.40 bits per heavy atom. The third kappa shape index (κ3) is 2.54. The molecule has 3 rings (SSSR count). The smallest absolute Gasteiger partial charge is 0.254 e. The van der Waals surface area contributed by atoms with Gasteiger partial charge in [0.1, 0.15) is 5.01 Å². The van der Waals surface area contributed by atoms with Crippen LogP contribution in [0.2, 0.25) is 0 Å². The Morgan fingerprint density at radius 2 is 2.30 bits per heavy atom. The number of carbonyl (C=O) groups excluding carboxylic acids is 1. The van der Waals surface area contributed by atoms with Gasteiger partial charge in [0, 0.05) is 29.4 Å². The monoisotopic (exact) mass is 287 g/mol. The molecule has 4 nitrogen and oxygen atoms in total. The minimum absolute atomic E-state index is 0.0530. The predicted octanol–water partition coefficient (Wildman–Crippen LogP) is 3.09. The van der Waals surface area contributed by atoms with Gasteiger partial charge in [0.2, 0.25) is 0 Å². The number of hydrogen-bond acceptors (Lipinski definition) is 4. The van der Waals surface area contributed by atoms with Crippen molar-refractivity contribution in [3.05, 3.63) is 46.4 Å². The Morgan fingerprint density at radius 3 is 3.05 bits per heavy atom. The fourth-order valence-corrected chi connectivity index (χ4v) is 3.45. The number of rotatable bonds is 2. The highest BCUT2D eigenvalue weighted by Gasteiger charge is 2.30. The highest BCUT2D eigenvalue weighted by Crippen LogP contribution is 2.33. The zero-order valence-electron chi connectivity index (χ0n) is 11.2. The number of carbonyl (C=O) groups is 1. The van der Waals surface area contributed by atoms with E-state index in [0.29, 0.717) is 11.3 Å². The molecular formula is C15H17N3OS. The molecule has 1 aliphatic heterocycles. The molecule has 1 aromatic carbocycles. The third-order valence-corrected chi connectivity index (χ3v) is 4.51. The van der Waals surface area contributed by atoms with Crippen LogP contribution in [0.25, 0.3) is 0 Å². The number of anilines is 1. The number of piperidine rings is 1. The van der Waals surface area contributed by atoms with Crippen LogP contribution in [0.15, 0.2) is 35.8 Å². The number of nitrogens with two attached hydrogens (primary N) is 1. The van der Waals surface area contributed by atoms with Crippen LogP contribution in [-0.4, -0.2) is 22.3 Å². The molecule has 0 bridgehead atoms.